The fourth-order valence-electron chi connectivity index (χ4n) is 2.62. The van der Waals surface area contributed by atoms with Crippen LogP contribution in [-0.4, -0.2) is 25.0 Å². The van der Waals surface area contributed by atoms with E-state index in [0.717, 1.165) is 19.5 Å². The minimum atomic E-state index is 0. The summed E-state index contributed by atoms with van der Waals surface area (Å²) in [6.45, 7) is 1.88. The molecule has 1 atom stereocenters. The summed E-state index contributed by atoms with van der Waals surface area (Å²) in [7, 11) is 0. The van der Waals surface area contributed by atoms with Gasteiger partial charge in [0.15, 0.2) is 0 Å². The average molecular weight is 247 g/mol. The van der Waals surface area contributed by atoms with E-state index >= 15 is 0 Å². The summed E-state index contributed by atoms with van der Waals surface area (Å²) in [5, 5.41) is 6.46. The van der Waals surface area contributed by atoms with Crippen LogP contribution in [-0.2, 0) is 4.79 Å². The molecule has 2 N–H and O–H groups in total. The number of nitrogens with one attached hydrogen (secondary N) is 2. The van der Waals surface area contributed by atoms with Gasteiger partial charge in [-0.05, 0) is 25.8 Å². The quantitative estimate of drug-likeness (QED) is 0.731. The van der Waals surface area contributed by atoms with Crippen LogP contribution in [0, 0.1) is 5.92 Å². The molecular formula is C12H23ClN2O. The predicted octanol–water partition coefficient (Wildman–Crippen LogP) is 1.86. The van der Waals surface area contributed by atoms with Crippen molar-refractivity contribution >= 4 is 18.3 Å². The van der Waals surface area contributed by atoms with Crippen LogP contribution in [0.15, 0.2) is 0 Å². The molecule has 0 unspecified atom stereocenters. The number of hydrogen-bond donors (Lipinski definition) is 2. The molecule has 2 rings (SSSR count). The second kappa shape index (κ2) is 7.13. The van der Waals surface area contributed by atoms with Gasteiger partial charge in [-0.25, -0.2) is 0 Å². The molecule has 1 amide bonds. The maximum Gasteiger partial charge on any atom is 0.224 e. The van der Waals surface area contributed by atoms with E-state index in [0.29, 0.717) is 6.04 Å². The number of carbonyl (C=O) groups is 1. The lowest BCUT2D eigenvalue weighted by atomic mass is 10.1. The number of carbonyl (C=O) groups excluding carboxylic acids is 1. The van der Waals surface area contributed by atoms with Crippen LogP contribution in [0.1, 0.15) is 44.9 Å². The van der Waals surface area contributed by atoms with E-state index < -0.39 is 0 Å². The van der Waals surface area contributed by atoms with E-state index in [1.807, 2.05) is 0 Å². The van der Waals surface area contributed by atoms with Gasteiger partial charge in [0.2, 0.25) is 5.91 Å². The third-order valence-corrected chi connectivity index (χ3v) is 3.63. The van der Waals surface area contributed by atoms with E-state index in [4.69, 9.17) is 0 Å². The minimum absolute atomic E-state index is 0. The molecule has 4 heteroatoms. The Kier molecular flexibility index (Phi) is 6.14. The maximum absolute atomic E-state index is 11.9. The second-order valence-electron chi connectivity index (χ2n) is 4.89. The molecule has 1 saturated carbocycles. The Morgan fingerprint density at radius 1 is 1.06 bits per heavy atom. The number of rotatable bonds is 2. The molecular weight excluding hydrogens is 224 g/mol. The Morgan fingerprint density at radius 2 is 1.75 bits per heavy atom. The van der Waals surface area contributed by atoms with E-state index in [-0.39, 0.29) is 24.2 Å². The van der Waals surface area contributed by atoms with Gasteiger partial charge in [-0.2, -0.15) is 0 Å². The van der Waals surface area contributed by atoms with Gasteiger partial charge in [-0.3, -0.25) is 4.79 Å². The van der Waals surface area contributed by atoms with Gasteiger partial charge >= 0.3 is 0 Å². The molecule has 3 nitrogen and oxygen atoms in total. The highest BCUT2D eigenvalue weighted by atomic mass is 35.5. The van der Waals surface area contributed by atoms with Crippen LogP contribution in [0.3, 0.4) is 0 Å². The summed E-state index contributed by atoms with van der Waals surface area (Å²) in [4.78, 5) is 11.9. The van der Waals surface area contributed by atoms with Crippen LogP contribution in [0.2, 0.25) is 0 Å². The van der Waals surface area contributed by atoms with Gasteiger partial charge in [0.25, 0.3) is 0 Å². The molecule has 0 radical (unpaired) electrons. The highest BCUT2D eigenvalue weighted by Crippen LogP contribution is 2.18. The lowest BCUT2D eigenvalue weighted by Gasteiger charge is -2.18. The zero-order chi connectivity index (χ0) is 10.5. The molecule has 2 fully saturated rings. The summed E-state index contributed by atoms with van der Waals surface area (Å²) in [5.74, 6) is 0.514. The zero-order valence-corrected chi connectivity index (χ0v) is 10.7. The Morgan fingerprint density at radius 3 is 2.31 bits per heavy atom. The molecule has 0 aromatic carbocycles. The largest absolute Gasteiger partial charge is 0.353 e. The first-order valence-corrected chi connectivity index (χ1v) is 6.37. The molecule has 1 heterocycles. The van der Waals surface area contributed by atoms with Gasteiger partial charge in [0.05, 0.1) is 5.92 Å². The molecule has 0 bridgehead atoms. The molecule has 0 aromatic rings. The van der Waals surface area contributed by atoms with Gasteiger partial charge < -0.3 is 10.6 Å². The van der Waals surface area contributed by atoms with Crippen molar-refractivity contribution in [3.63, 3.8) is 0 Å². The minimum Gasteiger partial charge on any atom is -0.353 e. The third kappa shape index (κ3) is 3.95. The molecule has 16 heavy (non-hydrogen) atoms. The lowest BCUT2D eigenvalue weighted by Crippen LogP contribution is -2.39. The number of halogens is 1. The first-order chi connectivity index (χ1) is 7.36. The predicted molar refractivity (Wildman–Crippen MR) is 67.9 cm³/mol. The van der Waals surface area contributed by atoms with Crippen molar-refractivity contribution in [2.75, 3.05) is 13.1 Å². The first-order valence-electron chi connectivity index (χ1n) is 6.37. The van der Waals surface area contributed by atoms with Gasteiger partial charge in [-0.15, -0.1) is 12.4 Å². The molecule has 1 aliphatic carbocycles. The highest BCUT2D eigenvalue weighted by Gasteiger charge is 2.24. The number of hydrogen-bond acceptors (Lipinski definition) is 2. The van der Waals surface area contributed by atoms with Crippen LogP contribution >= 0.6 is 12.4 Å². The molecule has 2 aliphatic rings. The van der Waals surface area contributed by atoms with Crippen LogP contribution in [0.5, 0.6) is 0 Å². The van der Waals surface area contributed by atoms with Gasteiger partial charge in [-0.1, -0.05) is 25.7 Å². The van der Waals surface area contributed by atoms with Crippen molar-refractivity contribution in [3.8, 4) is 0 Å². The summed E-state index contributed by atoms with van der Waals surface area (Å²) >= 11 is 0. The van der Waals surface area contributed by atoms with Crippen molar-refractivity contribution in [3.05, 3.63) is 0 Å². The zero-order valence-electron chi connectivity index (χ0n) is 9.84. The van der Waals surface area contributed by atoms with Crippen LogP contribution < -0.4 is 10.6 Å². The highest BCUT2D eigenvalue weighted by molar-refractivity contribution is 5.85. The summed E-state index contributed by atoms with van der Waals surface area (Å²) in [5.41, 5.74) is 0. The Bertz CT molecular complexity index is 209. The topological polar surface area (TPSA) is 41.1 Å². The van der Waals surface area contributed by atoms with Gasteiger partial charge in [0, 0.05) is 12.6 Å². The Labute approximate surface area is 104 Å². The van der Waals surface area contributed by atoms with Gasteiger partial charge in [0.1, 0.15) is 0 Å². The Balaban J connectivity index is 0.00000128. The SMILES string of the molecule is Cl.O=C(NC1CCCCCC1)[C@@H]1CCNC1. The summed E-state index contributed by atoms with van der Waals surface area (Å²) in [6.07, 6.45) is 8.65. The first kappa shape index (κ1) is 13.8. The van der Waals surface area contributed by atoms with Crippen molar-refractivity contribution in [1.29, 1.82) is 0 Å². The Hall–Kier alpha value is -0.280. The van der Waals surface area contributed by atoms with E-state index in [9.17, 15) is 4.79 Å². The second-order valence-corrected chi connectivity index (χ2v) is 4.89. The molecule has 0 aromatic heterocycles. The standard InChI is InChI=1S/C12H22N2O.ClH/c15-12(10-7-8-13-9-10)14-11-5-3-1-2-4-6-11;/h10-11,13H,1-9H2,(H,14,15);1H/t10-;/m1./s1. The molecule has 1 saturated heterocycles. The average Bonchev–Trinajstić information content (AvgIpc) is 2.65. The third-order valence-electron chi connectivity index (χ3n) is 3.63. The monoisotopic (exact) mass is 246 g/mol. The maximum atomic E-state index is 11.9. The smallest absolute Gasteiger partial charge is 0.224 e. The van der Waals surface area contributed by atoms with Crippen LogP contribution in [0.25, 0.3) is 0 Å². The van der Waals surface area contributed by atoms with E-state index in [2.05, 4.69) is 10.6 Å². The fourth-order valence-corrected chi connectivity index (χ4v) is 2.62. The lowest BCUT2D eigenvalue weighted by molar-refractivity contribution is -0.125. The van der Waals surface area contributed by atoms with Crippen molar-refractivity contribution in [2.24, 2.45) is 5.92 Å². The summed E-state index contributed by atoms with van der Waals surface area (Å²) < 4.78 is 0. The molecule has 94 valence electrons. The van der Waals surface area contributed by atoms with E-state index in [1.54, 1.807) is 0 Å². The fraction of sp³-hybridized carbons (Fsp3) is 0.917. The van der Waals surface area contributed by atoms with Crippen molar-refractivity contribution in [1.82, 2.24) is 10.6 Å². The molecule has 0 spiro atoms. The normalized spacial score (nSPS) is 26.9. The van der Waals surface area contributed by atoms with Crippen molar-refractivity contribution < 1.29 is 4.79 Å². The van der Waals surface area contributed by atoms with Crippen molar-refractivity contribution in [2.45, 2.75) is 51.0 Å². The number of amides is 1. The van der Waals surface area contributed by atoms with Crippen LogP contribution in [0.4, 0.5) is 0 Å². The summed E-state index contributed by atoms with van der Waals surface area (Å²) in [6, 6.07) is 0.459. The molecule has 1 aliphatic heterocycles. The van der Waals surface area contributed by atoms with E-state index in [1.165, 1.54) is 38.5 Å².